The van der Waals surface area contributed by atoms with Crippen LogP contribution in [0.3, 0.4) is 0 Å². The second-order valence-electron chi connectivity index (χ2n) is 7.06. The SMILES string of the molecule is COc1ccc(COCc2cccc(NC(=O)[C@@H]3CCC[C@@H]3CN)c2)cc1.Cl. The number of benzene rings is 2. The quantitative estimate of drug-likeness (QED) is 0.693. The summed E-state index contributed by atoms with van der Waals surface area (Å²) in [5, 5.41) is 3.05. The number of carbonyl (C=O) groups excluding carboxylic acids is 1. The first-order valence-electron chi connectivity index (χ1n) is 9.50. The smallest absolute Gasteiger partial charge is 0.227 e. The molecule has 1 amide bonds. The van der Waals surface area contributed by atoms with Crippen molar-refractivity contribution >= 4 is 24.0 Å². The fourth-order valence-electron chi connectivity index (χ4n) is 3.65. The Kier molecular flexibility index (Phi) is 8.77. The van der Waals surface area contributed by atoms with Gasteiger partial charge < -0.3 is 20.5 Å². The summed E-state index contributed by atoms with van der Waals surface area (Å²) in [6.45, 7) is 1.60. The molecule has 3 rings (SSSR count). The highest BCUT2D eigenvalue weighted by atomic mass is 35.5. The van der Waals surface area contributed by atoms with Crippen molar-refractivity contribution in [3.05, 3.63) is 59.7 Å². The van der Waals surface area contributed by atoms with E-state index in [2.05, 4.69) is 5.32 Å². The van der Waals surface area contributed by atoms with Gasteiger partial charge in [0.25, 0.3) is 0 Å². The number of amides is 1. The van der Waals surface area contributed by atoms with Gasteiger partial charge in [0.15, 0.2) is 0 Å². The van der Waals surface area contributed by atoms with Gasteiger partial charge in [0, 0.05) is 11.6 Å². The normalized spacial score (nSPS) is 18.4. The summed E-state index contributed by atoms with van der Waals surface area (Å²) >= 11 is 0. The number of nitrogens with two attached hydrogens (primary N) is 1. The average Bonchev–Trinajstić information content (AvgIpc) is 3.18. The lowest BCUT2D eigenvalue weighted by molar-refractivity contribution is -0.120. The monoisotopic (exact) mass is 404 g/mol. The molecule has 1 saturated carbocycles. The highest BCUT2D eigenvalue weighted by Gasteiger charge is 2.31. The Hall–Kier alpha value is -2.08. The molecule has 1 fully saturated rings. The van der Waals surface area contributed by atoms with Crippen molar-refractivity contribution < 1.29 is 14.3 Å². The molecule has 0 spiro atoms. The van der Waals surface area contributed by atoms with Crippen LogP contribution >= 0.6 is 12.4 Å². The molecular formula is C22H29ClN2O3. The lowest BCUT2D eigenvalue weighted by Gasteiger charge is -2.17. The van der Waals surface area contributed by atoms with E-state index < -0.39 is 0 Å². The third kappa shape index (κ3) is 5.96. The van der Waals surface area contributed by atoms with Crippen LogP contribution in [-0.2, 0) is 22.7 Å². The van der Waals surface area contributed by atoms with E-state index in [1.807, 2.05) is 48.5 Å². The van der Waals surface area contributed by atoms with Crippen molar-refractivity contribution in [3.63, 3.8) is 0 Å². The molecule has 1 aliphatic rings. The van der Waals surface area contributed by atoms with Crippen LogP contribution in [0.2, 0.25) is 0 Å². The molecule has 152 valence electrons. The fourth-order valence-corrected chi connectivity index (χ4v) is 3.65. The maximum atomic E-state index is 12.5. The van der Waals surface area contributed by atoms with Crippen molar-refractivity contribution in [2.45, 2.75) is 32.5 Å². The number of hydrogen-bond acceptors (Lipinski definition) is 4. The van der Waals surface area contributed by atoms with Crippen LogP contribution in [0.15, 0.2) is 48.5 Å². The zero-order valence-corrected chi connectivity index (χ0v) is 17.0. The molecule has 28 heavy (non-hydrogen) atoms. The molecule has 2 aromatic carbocycles. The van der Waals surface area contributed by atoms with Crippen molar-refractivity contribution in [2.24, 2.45) is 17.6 Å². The maximum absolute atomic E-state index is 12.5. The summed E-state index contributed by atoms with van der Waals surface area (Å²) in [6, 6.07) is 15.7. The Morgan fingerprint density at radius 3 is 2.57 bits per heavy atom. The standard InChI is InChI=1S/C22H28N2O3.ClH/c1-26-20-10-8-16(9-11-20)14-27-15-17-4-2-6-19(12-17)24-22(25)21-7-3-5-18(21)13-23;/h2,4,6,8-12,18,21H,3,5,7,13-15,23H2,1H3,(H,24,25);1H/t18-,21-;/m1./s1. The number of hydrogen-bond donors (Lipinski definition) is 2. The fraction of sp³-hybridized carbons (Fsp3) is 0.409. The minimum Gasteiger partial charge on any atom is -0.497 e. The summed E-state index contributed by atoms with van der Waals surface area (Å²) in [6.07, 6.45) is 3.06. The topological polar surface area (TPSA) is 73.6 Å². The number of halogens is 1. The van der Waals surface area contributed by atoms with Gasteiger partial charge in [-0.05, 0) is 60.7 Å². The summed E-state index contributed by atoms with van der Waals surface area (Å²) in [7, 11) is 1.65. The summed E-state index contributed by atoms with van der Waals surface area (Å²) in [4.78, 5) is 12.5. The van der Waals surface area contributed by atoms with Crippen LogP contribution in [0, 0.1) is 11.8 Å². The van der Waals surface area contributed by atoms with E-state index in [0.29, 0.717) is 25.7 Å². The Labute approximate surface area is 173 Å². The molecule has 0 heterocycles. The average molecular weight is 405 g/mol. The highest BCUT2D eigenvalue weighted by molar-refractivity contribution is 5.93. The molecule has 0 aromatic heterocycles. The number of anilines is 1. The van der Waals surface area contributed by atoms with E-state index in [1.165, 1.54) is 0 Å². The largest absolute Gasteiger partial charge is 0.497 e. The molecule has 0 unspecified atom stereocenters. The van der Waals surface area contributed by atoms with E-state index in [9.17, 15) is 4.79 Å². The van der Waals surface area contributed by atoms with Crippen LogP contribution in [0.4, 0.5) is 5.69 Å². The Morgan fingerprint density at radius 2 is 1.86 bits per heavy atom. The molecule has 1 aliphatic carbocycles. The lowest BCUT2D eigenvalue weighted by atomic mass is 9.95. The first kappa shape index (κ1) is 22.2. The van der Waals surface area contributed by atoms with Gasteiger partial charge in [-0.25, -0.2) is 0 Å². The number of carbonyl (C=O) groups is 1. The number of nitrogens with one attached hydrogen (secondary N) is 1. The van der Waals surface area contributed by atoms with Crippen LogP contribution < -0.4 is 15.8 Å². The first-order valence-corrected chi connectivity index (χ1v) is 9.50. The molecule has 2 atom stereocenters. The van der Waals surface area contributed by atoms with Gasteiger partial charge in [-0.3, -0.25) is 4.79 Å². The predicted octanol–water partition coefficient (Wildman–Crippen LogP) is 4.15. The van der Waals surface area contributed by atoms with E-state index in [4.69, 9.17) is 15.2 Å². The van der Waals surface area contributed by atoms with Crippen molar-refractivity contribution in [2.75, 3.05) is 19.0 Å². The zero-order chi connectivity index (χ0) is 19.1. The van der Waals surface area contributed by atoms with Crippen molar-refractivity contribution in [3.8, 4) is 5.75 Å². The highest BCUT2D eigenvalue weighted by Crippen LogP contribution is 2.32. The van der Waals surface area contributed by atoms with Gasteiger partial charge in [0.2, 0.25) is 5.91 Å². The van der Waals surface area contributed by atoms with Crippen LogP contribution in [0.5, 0.6) is 5.75 Å². The Bertz CT molecular complexity index is 752. The van der Waals surface area contributed by atoms with Crippen molar-refractivity contribution in [1.82, 2.24) is 0 Å². The second kappa shape index (κ2) is 11.1. The van der Waals surface area contributed by atoms with Gasteiger partial charge >= 0.3 is 0 Å². The third-order valence-electron chi connectivity index (χ3n) is 5.19. The van der Waals surface area contributed by atoms with Gasteiger partial charge in [-0.2, -0.15) is 0 Å². The lowest BCUT2D eigenvalue weighted by Crippen LogP contribution is -2.29. The summed E-state index contributed by atoms with van der Waals surface area (Å²) < 4.78 is 11.0. The van der Waals surface area contributed by atoms with Gasteiger partial charge in [-0.15, -0.1) is 12.4 Å². The number of ether oxygens (including phenoxy) is 2. The number of rotatable bonds is 8. The molecule has 2 aromatic rings. The maximum Gasteiger partial charge on any atom is 0.227 e. The van der Waals surface area contributed by atoms with Crippen molar-refractivity contribution in [1.29, 1.82) is 0 Å². The minimum atomic E-state index is 0. The molecule has 0 saturated heterocycles. The summed E-state index contributed by atoms with van der Waals surface area (Å²) in [5.74, 6) is 1.26. The molecule has 0 aliphatic heterocycles. The van der Waals surface area contributed by atoms with E-state index in [1.54, 1.807) is 7.11 Å². The second-order valence-corrected chi connectivity index (χ2v) is 7.06. The molecule has 6 heteroatoms. The minimum absolute atomic E-state index is 0. The molecular weight excluding hydrogens is 376 g/mol. The predicted molar refractivity (Wildman–Crippen MR) is 114 cm³/mol. The summed E-state index contributed by atoms with van der Waals surface area (Å²) in [5.41, 5.74) is 8.73. The molecule has 3 N–H and O–H groups in total. The molecule has 5 nitrogen and oxygen atoms in total. The van der Waals surface area contributed by atoms with Gasteiger partial charge in [0.1, 0.15) is 5.75 Å². The Morgan fingerprint density at radius 1 is 1.11 bits per heavy atom. The van der Waals surface area contributed by atoms with Gasteiger partial charge in [0.05, 0.1) is 20.3 Å². The molecule has 0 radical (unpaired) electrons. The number of methoxy groups -OCH3 is 1. The van der Waals surface area contributed by atoms with Crippen LogP contribution in [0.25, 0.3) is 0 Å². The van der Waals surface area contributed by atoms with E-state index in [0.717, 1.165) is 41.8 Å². The van der Waals surface area contributed by atoms with Crippen LogP contribution in [0.1, 0.15) is 30.4 Å². The van der Waals surface area contributed by atoms with E-state index >= 15 is 0 Å². The molecule has 0 bridgehead atoms. The first-order chi connectivity index (χ1) is 13.2. The van der Waals surface area contributed by atoms with Gasteiger partial charge in [-0.1, -0.05) is 30.7 Å². The zero-order valence-electron chi connectivity index (χ0n) is 16.2. The van der Waals surface area contributed by atoms with Crippen LogP contribution in [-0.4, -0.2) is 19.6 Å². The Balaban J connectivity index is 0.00000280. The van der Waals surface area contributed by atoms with E-state index in [-0.39, 0.29) is 24.2 Å². The third-order valence-corrected chi connectivity index (χ3v) is 5.19.